The molecule has 1 saturated heterocycles. The molecule has 0 aromatic heterocycles. The number of cyclic esters (lactones) is 1. The molecule has 2 rings (SSSR count). The second kappa shape index (κ2) is 4.43. The van der Waals surface area contributed by atoms with E-state index in [1.807, 2.05) is 0 Å². The quantitative estimate of drug-likeness (QED) is 0.858. The summed E-state index contributed by atoms with van der Waals surface area (Å²) in [6, 6.07) is 3.57. The highest BCUT2D eigenvalue weighted by Crippen LogP contribution is 2.16. The number of carbonyl (C=O) groups excluding carboxylic acids is 1. The third-order valence-corrected chi connectivity index (χ3v) is 2.03. The molecule has 1 aliphatic rings. The predicted molar refractivity (Wildman–Crippen MR) is 59.7 cm³/mol. The highest BCUT2D eigenvalue weighted by molar-refractivity contribution is 5.69. The molecule has 1 aromatic rings. The summed E-state index contributed by atoms with van der Waals surface area (Å²) in [5.41, 5.74) is -0.293. The van der Waals surface area contributed by atoms with Crippen molar-refractivity contribution < 1.29 is 23.9 Å². The van der Waals surface area contributed by atoms with Gasteiger partial charge in [-0.25, -0.2) is 4.79 Å². The predicted octanol–water partition coefficient (Wildman–Crippen LogP) is 1.79. The number of hydrogen-bond donors (Lipinski definition) is 1. The summed E-state index contributed by atoms with van der Waals surface area (Å²) in [5, 5.41) is 0.640. The van der Waals surface area contributed by atoms with E-state index < -0.39 is 25.9 Å². The minimum atomic E-state index is -2.48. The zero-order chi connectivity index (χ0) is 17.4. The monoisotopic (exact) mass is 228 g/mol. The van der Waals surface area contributed by atoms with Crippen LogP contribution in [-0.2, 0) is 4.74 Å². The van der Waals surface area contributed by atoms with Crippen LogP contribution in [0.5, 0.6) is 5.75 Å². The Kier molecular flexibility index (Phi) is 1.41. The molecule has 4 heteroatoms. The second-order valence-corrected chi connectivity index (χ2v) is 3.40. The SMILES string of the molecule is [2H]N1CC(COc2cc(C([2H])([2H])[2H])cc(C([2H])([2H])[2H])c2)OC1=O. The third kappa shape index (κ3) is 2.66. The Hall–Kier alpha value is -1.71. The van der Waals surface area contributed by atoms with E-state index >= 15 is 0 Å². The lowest BCUT2D eigenvalue weighted by Crippen LogP contribution is -2.21. The minimum Gasteiger partial charge on any atom is -0.490 e. The van der Waals surface area contributed by atoms with Crippen LogP contribution in [0.1, 0.15) is 19.4 Å². The lowest BCUT2D eigenvalue weighted by Gasteiger charge is -2.11. The van der Waals surface area contributed by atoms with Gasteiger partial charge in [0.15, 0.2) is 7.52 Å². The van der Waals surface area contributed by atoms with Gasteiger partial charge >= 0.3 is 6.09 Å². The van der Waals surface area contributed by atoms with Gasteiger partial charge in [0.05, 0.1) is 6.54 Å². The maximum atomic E-state index is 11.1. The Morgan fingerprint density at radius 2 is 2.31 bits per heavy atom. The van der Waals surface area contributed by atoms with Gasteiger partial charge in [0.1, 0.15) is 12.4 Å². The first-order valence-corrected chi connectivity index (χ1v) is 4.73. The van der Waals surface area contributed by atoms with Gasteiger partial charge in [-0.2, -0.15) is 0 Å². The van der Waals surface area contributed by atoms with Crippen LogP contribution in [0.2, 0.25) is 1.41 Å². The average molecular weight is 228 g/mol. The van der Waals surface area contributed by atoms with Crippen molar-refractivity contribution in [3.05, 3.63) is 29.3 Å². The number of benzene rings is 1. The zero-order valence-electron chi connectivity index (χ0n) is 15.4. The number of aryl methyl sites for hydroxylation is 2. The lowest BCUT2D eigenvalue weighted by molar-refractivity contribution is 0.105. The van der Waals surface area contributed by atoms with Crippen molar-refractivity contribution in [2.45, 2.75) is 19.8 Å². The molecule has 86 valence electrons. The number of nitrogens with one attached hydrogen (secondary N) is 1. The summed E-state index contributed by atoms with van der Waals surface area (Å²) >= 11 is 0. The molecule has 0 spiro atoms. The topological polar surface area (TPSA) is 47.6 Å². The van der Waals surface area contributed by atoms with Gasteiger partial charge in [0, 0.05) is 8.22 Å². The number of hydrogen-bond acceptors (Lipinski definition) is 3. The van der Waals surface area contributed by atoms with Crippen LogP contribution < -0.4 is 10.0 Å². The van der Waals surface area contributed by atoms with Crippen molar-refractivity contribution in [2.75, 3.05) is 13.2 Å². The van der Waals surface area contributed by atoms with Crippen LogP contribution >= 0.6 is 0 Å². The number of ether oxygens (including phenoxy) is 2. The fourth-order valence-electron chi connectivity index (χ4n) is 1.35. The van der Waals surface area contributed by atoms with E-state index in [1.165, 1.54) is 12.1 Å². The van der Waals surface area contributed by atoms with Gasteiger partial charge in [0.25, 0.3) is 0 Å². The van der Waals surface area contributed by atoms with Gasteiger partial charge in [-0.15, -0.1) is 0 Å². The maximum absolute atomic E-state index is 11.1. The molecular weight excluding hydrogens is 206 g/mol. The highest BCUT2D eigenvalue weighted by atomic mass is 16.6. The Balaban J connectivity index is 2.19. The molecule has 1 amide bonds. The molecular formula is C12H15NO3. The van der Waals surface area contributed by atoms with Crippen molar-refractivity contribution in [2.24, 2.45) is 0 Å². The van der Waals surface area contributed by atoms with Crippen molar-refractivity contribution in [1.82, 2.24) is 5.31 Å². The van der Waals surface area contributed by atoms with E-state index in [0.29, 0.717) is 5.31 Å². The summed E-state index contributed by atoms with van der Waals surface area (Å²) in [7, 11) is 0. The fourth-order valence-corrected chi connectivity index (χ4v) is 1.35. The Morgan fingerprint density at radius 3 is 2.88 bits per heavy atom. The Bertz CT molecular complexity index is 567. The summed E-state index contributed by atoms with van der Waals surface area (Å²) in [4.78, 5) is 11.1. The highest BCUT2D eigenvalue weighted by Gasteiger charge is 2.22. The first kappa shape index (κ1) is 5.08. The van der Waals surface area contributed by atoms with E-state index in [4.69, 9.17) is 19.1 Å². The zero-order valence-corrected chi connectivity index (χ0v) is 8.40. The molecule has 4 nitrogen and oxygen atoms in total. The van der Waals surface area contributed by atoms with Gasteiger partial charge in [0.2, 0.25) is 0 Å². The van der Waals surface area contributed by atoms with E-state index in [1.54, 1.807) is 0 Å². The molecule has 1 atom stereocenters. The lowest BCUT2D eigenvalue weighted by atomic mass is 10.1. The average Bonchev–Trinajstić information content (AvgIpc) is 2.73. The number of carbonyl (C=O) groups is 1. The molecule has 1 aliphatic heterocycles. The van der Waals surface area contributed by atoms with Gasteiger partial charge in [-0.1, -0.05) is 6.07 Å². The first-order chi connectivity index (χ1) is 10.5. The maximum Gasteiger partial charge on any atom is 0.407 e. The van der Waals surface area contributed by atoms with Crippen molar-refractivity contribution in [1.29, 1.82) is 0 Å². The smallest absolute Gasteiger partial charge is 0.407 e. The van der Waals surface area contributed by atoms with Gasteiger partial charge < -0.3 is 14.8 Å². The van der Waals surface area contributed by atoms with Crippen molar-refractivity contribution in [3.8, 4) is 5.75 Å². The first-order valence-electron chi connectivity index (χ1n) is 8.17. The summed E-state index contributed by atoms with van der Waals surface area (Å²) < 4.78 is 61.9. The second-order valence-electron chi connectivity index (χ2n) is 3.40. The van der Waals surface area contributed by atoms with Crippen LogP contribution in [0.3, 0.4) is 0 Å². The molecule has 0 saturated carbocycles. The van der Waals surface area contributed by atoms with Crippen LogP contribution in [-0.4, -0.2) is 25.3 Å². The molecule has 0 radical (unpaired) electrons. The molecule has 1 aromatic carbocycles. The third-order valence-electron chi connectivity index (χ3n) is 2.03. The van der Waals surface area contributed by atoms with Crippen molar-refractivity contribution in [3.63, 3.8) is 0 Å². The van der Waals surface area contributed by atoms with E-state index in [2.05, 4.69) is 0 Å². The van der Waals surface area contributed by atoms with E-state index in [9.17, 15) is 4.79 Å². The van der Waals surface area contributed by atoms with Crippen molar-refractivity contribution >= 4 is 6.09 Å². The summed E-state index contributed by atoms with van der Waals surface area (Å²) in [5.74, 6) is 0.0595. The normalized spacial score (nSPS) is 27.8. The Labute approximate surface area is 104 Å². The number of alkyl carbamates (subject to hydrolysis) is 1. The molecule has 1 fully saturated rings. The summed E-state index contributed by atoms with van der Waals surface area (Å²) in [6.45, 7) is -5.04. The Morgan fingerprint density at radius 1 is 1.56 bits per heavy atom. The fraction of sp³-hybridized carbons (Fsp3) is 0.417. The minimum absolute atomic E-state index is 0.0178. The van der Waals surface area contributed by atoms with Gasteiger partial charge in [-0.3, -0.25) is 0 Å². The number of amides is 1. The molecule has 1 N–H and O–H groups in total. The van der Waals surface area contributed by atoms with Crippen LogP contribution in [0.15, 0.2) is 18.2 Å². The molecule has 1 unspecified atom stereocenters. The van der Waals surface area contributed by atoms with E-state index in [0.717, 1.165) is 6.07 Å². The molecule has 0 aliphatic carbocycles. The van der Waals surface area contributed by atoms with E-state index in [-0.39, 0.29) is 30.0 Å². The van der Waals surface area contributed by atoms with Crippen LogP contribution in [0.4, 0.5) is 4.79 Å². The molecule has 1 heterocycles. The molecule has 0 bridgehead atoms. The van der Waals surface area contributed by atoms with Gasteiger partial charge in [-0.05, 0) is 37.0 Å². The standard InChI is InChI=1S/C12H15NO3/c1-8-3-9(2)5-10(4-8)15-7-11-6-13-12(14)16-11/h3-5,11H,6-7H2,1-2H3,(H,13,14)/i1D3,2D3/hD. The van der Waals surface area contributed by atoms with Crippen LogP contribution in [0, 0.1) is 13.7 Å². The summed E-state index contributed by atoms with van der Waals surface area (Å²) in [6.07, 6.45) is -1.47. The largest absolute Gasteiger partial charge is 0.490 e. The molecule has 16 heavy (non-hydrogen) atoms. The number of rotatable bonds is 3. The van der Waals surface area contributed by atoms with Crippen LogP contribution in [0.25, 0.3) is 0 Å².